The number of rotatable bonds is 6. The smallest absolute Gasteiger partial charge is 0.234 e. The molecule has 1 atom stereocenters. The van der Waals surface area contributed by atoms with Crippen molar-refractivity contribution in [2.75, 3.05) is 6.54 Å². The minimum Gasteiger partial charge on any atom is -0.469 e. The van der Waals surface area contributed by atoms with Crippen LogP contribution in [0.1, 0.15) is 38.4 Å². The van der Waals surface area contributed by atoms with Crippen molar-refractivity contribution >= 4 is 5.91 Å². The summed E-state index contributed by atoms with van der Waals surface area (Å²) in [5.41, 5.74) is 0. The molecule has 4 nitrogen and oxygen atoms in total. The fourth-order valence-electron chi connectivity index (χ4n) is 2.42. The maximum atomic E-state index is 11.7. The van der Waals surface area contributed by atoms with Gasteiger partial charge in [-0.15, -0.1) is 0 Å². The third kappa shape index (κ3) is 4.18. The first-order chi connectivity index (χ1) is 8.74. The second-order valence-electron chi connectivity index (χ2n) is 5.11. The quantitative estimate of drug-likeness (QED) is 0.810. The highest BCUT2D eigenvalue weighted by molar-refractivity contribution is 5.78. The molecule has 0 radical (unpaired) electrons. The van der Waals surface area contributed by atoms with E-state index in [1.807, 2.05) is 12.1 Å². The third-order valence-electron chi connectivity index (χ3n) is 3.42. The van der Waals surface area contributed by atoms with Gasteiger partial charge in [0.15, 0.2) is 0 Å². The molecule has 1 aromatic heterocycles. The topological polar surface area (TPSA) is 54.3 Å². The zero-order chi connectivity index (χ0) is 12.8. The largest absolute Gasteiger partial charge is 0.469 e. The van der Waals surface area contributed by atoms with Gasteiger partial charge in [-0.3, -0.25) is 4.79 Å². The van der Waals surface area contributed by atoms with Crippen molar-refractivity contribution in [3.05, 3.63) is 24.2 Å². The number of hydrogen-bond acceptors (Lipinski definition) is 3. The first kappa shape index (κ1) is 13.1. The van der Waals surface area contributed by atoms with Crippen LogP contribution in [0.15, 0.2) is 22.8 Å². The fourth-order valence-corrected chi connectivity index (χ4v) is 2.42. The van der Waals surface area contributed by atoms with E-state index < -0.39 is 0 Å². The van der Waals surface area contributed by atoms with Crippen LogP contribution in [0.2, 0.25) is 0 Å². The Bertz CT molecular complexity index is 356. The van der Waals surface area contributed by atoms with Gasteiger partial charge in [0.25, 0.3) is 0 Å². The summed E-state index contributed by atoms with van der Waals surface area (Å²) >= 11 is 0. The van der Waals surface area contributed by atoms with Gasteiger partial charge in [-0.25, -0.2) is 0 Å². The molecule has 0 aliphatic heterocycles. The standard InChI is InChI=1S/C14H22N2O2/c1-11(9-13-7-4-8-18-13)15-10-14(17)16-12-5-2-3-6-12/h4,7-8,11-12,15H,2-3,5-6,9-10H2,1H3,(H,16,17). The lowest BCUT2D eigenvalue weighted by atomic mass is 10.2. The lowest BCUT2D eigenvalue weighted by molar-refractivity contribution is -0.121. The van der Waals surface area contributed by atoms with Gasteiger partial charge < -0.3 is 15.1 Å². The van der Waals surface area contributed by atoms with E-state index in [-0.39, 0.29) is 11.9 Å². The zero-order valence-electron chi connectivity index (χ0n) is 10.9. The number of furan rings is 1. The maximum Gasteiger partial charge on any atom is 0.234 e. The molecule has 18 heavy (non-hydrogen) atoms. The monoisotopic (exact) mass is 250 g/mol. The molecule has 2 rings (SSSR count). The summed E-state index contributed by atoms with van der Waals surface area (Å²) < 4.78 is 5.28. The van der Waals surface area contributed by atoms with E-state index in [1.54, 1.807) is 6.26 Å². The molecule has 100 valence electrons. The minimum atomic E-state index is 0.105. The summed E-state index contributed by atoms with van der Waals surface area (Å²) in [5.74, 6) is 1.05. The Kier molecular flexibility index (Phi) is 4.81. The lowest BCUT2D eigenvalue weighted by Crippen LogP contribution is -2.42. The highest BCUT2D eigenvalue weighted by atomic mass is 16.3. The van der Waals surface area contributed by atoms with E-state index in [9.17, 15) is 4.79 Å². The zero-order valence-corrected chi connectivity index (χ0v) is 10.9. The Morgan fingerprint density at radius 2 is 2.28 bits per heavy atom. The molecule has 1 amide bonds. The fraction of sp³-hybridized carbons (Fsp3) is 0.643. The molecule has 1 aromatic rings. The third-order valence-corrected chi connectivity index (χ3v) is 3.42. The van der Waals surface area contributed by atoms with Crippen molar-refractivity contribution in [3.63, 3.8) is 0 Å². The van der Waals surface area contributed by atoms with Crippen LogP contribution in [-0.4, -0.2) is 24.5 Å². The summed E-state index contributed by atoms with van der Waals surface area (Å²) in [4.78, 5) is 11.7. The van der Waals surface area contributed by atoms with Crippen LogP contribution in [0.3, 0.4) is 0 Å². The van der Waals surface area contributed by atoms with E-state index in [0.29, 0.717) is 12.6 Å². The van der Waals surface area contributed by atoms with Crippen LogP contribution >= 0.6 is 0 Å². The average Bonchev–Trinajstić information content (AvgIpc) is 2.99. The van der Waals surface area contributed by atoms with Crippen LogP contribution in [0.4, 0.5) is 0 Å². The Morgan fingerprint density at radius 1 is 1.50 bits per heavy atom. The Hall–Kier alpha value is -1.29. The second-order valence-corrected chi connectivity index (χ2v) is 5.11. The van der Waals surface area contributed by atoms with Crippen molar-refractivity contribution in [2.24, 2.45) is 0 Å². The Labute approximate surface area is 108 Å². The first-order valence-corrected chi connectivity index (χ1v) is 6.79. The van der Waals surface area contributed by atoms with Gasteiger partial charge in [0.05, 0.1) is 12.8 Å². The number of hydrogen-bond donors (Lipinski definition) is 2. The van der Waals surface area contributed by atoms with Gasteiger partial charge in [-0.05, 0) is 31.9 Å². The summed E-state index contributed by atoms with van der Waals surface area (Å²) in [6.45, 7) is 2.45. The molecule has 4 heteroatoms. The molecule has 0 saturated heterocycles. The molecule has 2 N–H and O–H groups in total. The normalized spacial score (nSPS) is 17.8. The molecule has 1 fully saturated rings. The number of nitrogens with one attached hydrogen (secondary N) is 2. The van der Waals surface area contributed by atoms with E-state index in [0.717, 1.165) is 25.0 Å². The van der Waals surface area contributed by atoms with Crippen LogP contribution in [0.25, 0.3) is 0 Å². The molecule has 1 heterocycles. The van der Waals surface area contributed by atoms with Crippen molar-refractivity contribution < 1.29 is 9.21 Å². The van der Waals surface area contributed by atoms with Gasteiger partial charge in [-0.2, -0.15) is 0 Å². The molecular weight excluding hydrogens is 228 g/mol. The minimum absolute atomic E-state index is 0.105. The van der Waals surface area contributed by atoms with Gasteiger partial charge >= 0.3 is 0 Å². The number of carbonyl (C=O) groups is 1. The Balaban J connectivity index is 1.62. The van der Waals surface area contributed by atoms with Crippen molar-refractivity contribution in [3.8, 4) is 0 Å². The van der Waals surface area contributed by atoms with E-state index in [1.165, 1.54) is 12.8 Å². The highest BCUT2D eigenvalue weighted by Crippen LogP contribution is 2.17. The molecule has 0 spiro atoms. The van der Waals surface area contributed by atoms with Gasteiger partial charge in [0.1, 0.15) is 5.76 Å². The molecule has 0 bridgehead atoms. The SMILES string of the molecule is CC(Cc1ccco1)NCC(=O)NC1CCCC1. The second kappa shape index (κ2) is 6.59. The van der Waals surface area contributed by atoms with Crippen LogP contribution in [0.5, 0.6) is 0 Å². The lowest BCUT2D eigenvalue weighted by Gasteiger charge is -2.15. The predicted octanol–water partition coefficient (Wildman–Crippen LogP) is 1.86. The Morgan fingerprint density at radius 3 is 2.94 bits per heavy atom. The molecule has 1 unspecified atom stereocenters. The summed E-state index contributed by atoms with van der Waals surface area (Å²) in [6, 6.07) is 4.48. The van der Waals surface area contributed by atoms with Gasteiger partial charge in [0, 0.05) is 18.5 Å². The van der Waals surface area contributed by atoms with E-state index in [2.05, 4.69) is 17.6 Å². The van der Waals surface area contributed by atoms with E-state index in [4.69, 9.17) is 4.42 Å². The van der Waals surface area contributed by atoms with E-state index >= 15 is 0 Å². The predicted molar refractivity (Wildman–Crippen MR) is 70.3 cm³/mol. The summed E-state index contributed by atoms with van der Waals surface area (Å²) in [6.07, 6.45) is 7.24. The molecule has 1 aliphatic rings. The maximum absolute atomic E-state index is 11.7. The molecular formula is C14H22N2O2. The van der Waals surface area contributed by atoms with Crippen molar-refractivity contribution in [2.45, 2.75) is 51.1 Å². The summed E-state index contributed by atoms with van der Waals surface area (Å²) in [5, 5.41) is 6.29. The highest BCUT2D eigenvalue weighted by Gasteiger charge is 2.17. The van der Waals surface area contributed by atoms with Crippen LogP contribution in [-0.2, 0) is 11.2 Å². The number of amides is 1. The first-order valence-electron chi connectivity index (χ1n) is 6.79. The molecule has 1 saturated carbocycles. The number of carbonyl (C=O) groups excluding carboxylic acids is 1. The molecule has 1 aliphatic carbocycles. The van der Waals surface area contributed by atoms with Crippen molar-refractivity contribution in [1.82, 2.24) is 10.6 Å². The van der Waals surface area contributed by atoms with Gasteiger partial charge in [0.2, 0.25) is 5.91 Å². The van der Waals surface area contributed by atoms with Crippen LogP contribution in [0, 0.1) is 0 Å². The summed E-state index contributed by atoms with van der Waals surface area (Å²) in [7, 11) is 0. The van der Waals surface area contributed by atoms with Gasteiger partial charge in [-0.1, -0.05) is 12.8 Å². The average molecular weight is 250 g/mol. The van der Waals surface area contributed by atoms with Crippen LogP contribution < -0.4 is 10.6 Å². The van der Waals surface area contributed by atoms with Crippen molar-refractivity contribution in [1.29, 1.82) is 0 Å². The molecule has 0 aromatic carbocycles.